The summed E-state index contributed by atoms with van der Waals surface area (Å²) in [6, 6.07) is 0. The molecule has 6 rings (SSSR count). The van der Waals surface area contributed by atoms with Gasteiger partial charge in [-0.2, -0.15) is 0 Å². The number of rotatable bonds is 0. The second kappa shape index (κ2) is 1.76. The summed E-state index contributed by atoms with van der Waals surface area (Å²) in [5.74, 6) is 0. The zero-order valence-corrected chi connectivity index (χ0v) is 10.1. The van der Waals surface area contributed by atoms with E-state index in [0.29, 0.717) is 0 Å². The minimum absolute atomic E-state index is 0.843. The van der Waals surface area contributed by atoms with E-state index < -0.39 is 0 Å². The maximum absolute atomic E-state index is 2.09. The molecular weight excluding hydrogens is 192 g/mol. The van der Waals surface area contributed by atoms with Crippen molar-refractivity contribution >= 4 is 0 Å². The fraction of sp³-hybridized carbons (Fsp3) is 0.875. The van der Waals surface area contributed by atoms with Crippen LogP contribution in [0.1, 0.15) is 64.2 Å². The first kappa shape index (κ1) is 7.95. The lowest BCUT2D eigenvalue weighted by Crippen LogP contribution is -2.47. The lowest BCUT2D eigenvalue weighted by atomic mass is 9.48. The third-order valence-corrected chi connectivity index (χ3v) is 7.53. The summed E-state index contributed by atoms with van der Waals surface area (Å²) in [7, 11) is 0. The minimum atomic E-state index is 0.843. The summed E-state index contributed by atoms with van der Waals surface area (Å²) in [6.45, 7) is 0. The molecular formula is C16H20. The average Bonchev–Trinajstić information content (AvgIpc) is 2.96. The Hall–Kier alpha value is -0.260. The molecule has 0 bridgehead atoms. The smallest absolute Gasteiger partial charge is 0.00142 e. The Labute approximate surface area is 97.5 Å². The molecule has 6 aliphatic rings. The molecule has 0 aliphatic heterocycles. The van der Waals surface area contributed by atoms with Gasteiger partial charge in [0.2, 0.25) is 0 Å². The highest BCUT2D eigenvalue weighted by Gasteiger charge is 2.88. The van der Waals surface area contributed by atoms with Crippen molar-refractivity contribution in [2.75, 3.05) is 0 Å². The highest BCUT2D eigenvalue weighted by atomic mass is 14.9. The highest BCUT2D eigenvalue weighted by Crippen LogP contribution is 2.97. The molecule has 6 saturated carbocycles. The predicted octanol–water partition coefficient (Wildman–Crippen LogP) is 4.21. The molecule has 0 N–H and O–H groups in total. The van der Waals surface area contributed by atoms with Crippen LogP contribution in [0.15, 0.2) is 11.1 Å². The summed E-state index contributed by atoms with van der Waals surface area (Å²) in [4.78, 5) is 0. The summed E-state index contributed by atoms with van der Waals surface area (Å²) in [5, 5.41) is 0. The standard InChI is InChI=1S/C16H20/c1-2-13(1)9-11(10-13)12-14(3-4-14)16(7-8-16)15(12)5-6-15/h1-10H2. The van der Waals surface area contributed by atoms with Crippen LogP contribution in [-0.2, 0) is 0 Å². The van der Waals surface area contributed by atoms with Gasteiger partial charge in [0.15, 0.2) is 0 Å². The van der Waals surface area contributed by atoms with Gasteiger partial charge in [0, 0.05) is 0 Å². The van der Waals surface area contributed by atoms with E-state index in [-0.39, 0.29) is 0 Å². The lowest BCUT2D eigenvalue weighted by Gasteiger charge is -2.55. The topological polar surface area (TPSA) is 0 Å². The molecule has 0 aromatic rings. The third kappa shape index (κ3) is 0.549. The van der Waals surface area contributed by atoms with Gasteiger partial charge in [-0.3, -0.25) is 0 Å². The van der Waals surface area contributed by atoms with Gasteiger partial charge in [0.05, 0.1) is 0 Å². The second-order valence-corrected chi connectivity index (χ2v) is 8.08. The fourth-order valence-corrected chi connectivity index (χ4v) is 6.36. The normalized spacial score (nSPS) is 43.5. The molecule has 0 radical (unpaired) electrons. The van der Waals surface area contributed by atoms with Crippen molar-refractivity contribution in [1.82, 2.24) is 0 Å². The minimum Gasteiger partial charge on any atom is -0.0687 e. The van der Waals surface area contributed by atoms with Gasteiger partial charge < -0.3 is 0 Å². The van der Waals surface area contributed by atoms with Crippen molar-refractivity contribution in [2.24, 2.45) is 21.7 Å². The van der Waals surface area contributed by atoms with E-state index in [9.17, 15) is 0 Å². The van der Waals surface area contributed by atoms with Crippen LogP contribution < -0.4 is 0 Å². The largest absolute Gasteiger partial charge is 0.0687 e. The van der Waals surface area contributed by atoms with Gasteiger partial charge >= 0.3 is 0 Å². The first-order valence-electron chi connectivity index (χ1n) is 7.49. The SMILES string of the molecule is C1CC12CC(=C1C3(CC3)C3(CC3)C13CC3)C2. The first-order valence-corrected chi connectivity index (χ1v) is 7.49. The average molecular weight is 212 g/mol. The van der Waals surface area contributed by atoms with Gasteiger partial charge in [-0.05, 0) is 85.9 Å². The van der Waals surface area contributed by atoms with Gasteiger partial charge in [0.1, 0.15) is 0 Å². The number of hydrogen-bond acceptors (Lipinski definition) is 0. The van der Waals surface area contributed by atoms with E-state index in [1.54, 1.807) is 64.2 Å². The fourth-order valence-electron chi connectivity index (χ4n) is 6.36. The quantitative estimate of drug-likeness (QED) is 0.528. The van der Waals surface area contributed by atoms with Crippen LogP contribution in [0.2, 0.25) is 0 Å². The Morgan fingerprint density at radius 1 is 0.625 bits per heavy atom. The zero-order valence-electron chi connectivity index (χ0n) is 10.1. The van der Waals surface area contributed by atoms with E-state index >= 15 is 0 Å². The predicted molar refractivity (Wildman–Crippen MR) is 62.9 cm³/mol. The van der Waals surface area contributed by atoms with Crippen LogP contribution in [0.25, 0.3) is 0 Å². The molecule has 0 unspecified atom stereocenters. The zero-order chi connectivity index (χ0) is 10.2. The number of allylic oxidation sites excluding steroid dienone is 2. The molecule has 0 atom stereocenters. The molecule has 4 spiro atoms. The molecule has 6 aliphatic carbocycles. The summed E-state index contributed by atoms with van der Waals surface area (Å²) < 4.78 is 0. The van der Waals surface area contributed by atoms with Crippen molar-refractivity contribution in [3.63, 3.8) is 0 Å². The Morgan fingerprint density at radius 3 is 1.56 bits per heavy atom. The van der Waals surface area contributed by atoms with Gasteiger partial charge in [-0.1, -0.05) is 11.1 Å². The Bertz CT molecular complexity index is 428. The molecule has 0 amide bonds. The van der Waals surface area contributed by atoms with E-state index in [2.05, 4.69) is 5.57 Å². The highest BCUT2D eigenvalue weighted by molar-refractivity contribution is 5.58. The van der Waals surface area contributed by atoms with Gasteiger partial charge in [-0.25, -0.2) is 0 Å². The first-order chi connectivity index (χ1) is 7.76. The Morgan fingerprint density at radius 2 is 1.19 bits per heavy atom. The summed E-state index contributed by atoms with van der Waals surface area (Å²) in [6.07, 6.45) is 15.8. The molecule has 6 fully saturated rings. The Kier molecular flexibility index (Phi) is 0.876. The number of fused-ring (bicyclic) bond motifs is 2. The van der Waals surface area contributed by atoms with Gasteiger partial charge in [-0.15, -0.1) is 0 Å². The molecule has 0 heteroatoms. The molecule has 0 aromatic heterocycles. The van der Waals surface area contributed by atoms with Crippen LogP contribution in [-0.4, -0.2) is 0 Å². The maximum Gasteiger partial charge on any atom is -0.00142 e. The van der Waals surface area contributed by atoms with E-state index in [1.165, 1.54) is 0 Å². The molecule has 0 heterocycles. The maximum atomic E-state index is 2.09. The van der Waals surface area contributed by atoms with E-state index in [1.807, 2.05) is 5.57 Å². The van der Waals surface area contributed by atoms with Crippen molar-refractivity contribution < 1.29 is 0 Å². The molecule has 84 valence electrons. The van der Waals surface area contributed by atoms with Crippen LogP contribution >= 0.6 is 0 Å². The summed E-state index contributed by atoms with van der Waals surface area (Å²) >= 11 is 0. The third-order valence-electron chi connectivity index (χ3n) is 7.53. The van der Waals surface area contributed by atoms with Crippen molar-refractivity contribution in [3.8, 4) is 0 Å². The van der Waals surface area contributed by atoms with Crippen molar-refractivity contribution in [1.29, 1.82) is 0 Å². The second-order valence-electron chi connectivity index (χ2n) is 8.08. The van der Waals surface area contributed by atoms with Crippen LogP contribution in [0.4, 0.5) is 0 Å². The van der Waals surface area contributed by atoms with E-state index in [0.717, 1.165) is 21.7 Å². The van der Waals surface area contributed by atoms with Crippen molar-refractivity contribution in [2.45, 2.75) is 64.2 Å². The molecule has 16 heavy (non-hydrogen) atoms. The van der Waals surface area contributed by atoms with Crippen LogP contribution in [0.5, 0.6) is 0 Å². The van der Waals surface area contributed by atoms with Crippen molar-refractivity contribution in [3.05, 3.63) is 11.1 Å². The molecule has 0 nitrogen and oxygen atoms in total. The number of hydrogen-bond donors (Lipinski definition) is 0. The Balaban J connectivity index is 1.50. The van der Waals surface area contributed by atoms with Crippen LogP contribution in [0, 0.1) is 21.7 Å². The summed E-state index contributed by atoms with van der Waals surface area (Å²) in [5.41, 5.74) is 7.57. The van der Waals surface area contributed by atoms with Gasteiger partial charge in [0.25, 0.3) is 0 Å². The van der Waals surface area contributed by atoms with E-state index in [4.69, 9.17) is 0 Å². The molecule has 0 saturated heterocycles. The van der Waals surface area contributed by atoms with Crippen LogP contribution in [0.3, 0.4) is 0 Å². The molecule has 0 aromatic carbocycles. The monoisotopic (exact) mass is 212 g/mol. The lowest BCUT2D eigenvalue weighted by molar-refractivity contribution is 0.0845.